The molecule has 0 saturated heterocycles. The van der Waals surface area contributed by atoms with Crippen LogP contribution < -0.4 is 0 Å². The van der Waals surface area contributed by atoms with Gasteiger partial charge >= 0.3 is 0 Å². The van der Waals surface area contributed by atoms with E-state index in [0.717, 1.165) is 11.1 Å². The maximum atomic E-state index is 12.2. The summed E-state index contributed by atoms with van der Waals surface area (Å²) >= 11 is 0. The fourth-order valence-electron chi connectivity index (χ4n) is 1.74. The highest BCUT2D eigenvalue weighted by molar-refractivity contribution is 6.09. The van der Waals surface area contributed by atoms with Gasteiger partial charge in [-0.15, -0.1) is 0 Å². The fourth-order valence-corrected chi connectivity index (χ4v) is 1.74. The molecule has 0 aliphatic rings. The van der Waals surface area contributed by atoms with Gasteiger partial charge in [0.05, 0.1) is 0 Å². The van der Waals surface area contributed by atoms with E-state index >= 15 is 0 Å². The van der Waals surface area contributed by atoms with Gasteiger partial charge in [-0.05, 0) is 12.5 Å². The summed E-state index contributed by atoms with van der Waals surface area (Å²) in [4.78, 5) is 12.2. The number of hydrogen-bond donors (Lipinski definition) is 0. The van der Waals surface area contributed by atoms with Crippen molar-refractivity contribution in [3.8, 4) is 0 Å². The van der Waals surface area contributed by atoms with Crippen molar-refractivity contribution >= 4 is 11.9 Å². The predicted octanol–water partition coefficient (Wildman–Crippen LogP) is 4.51. The first-order chi connectivity index (χ1) is 9.16. The lowest BCUT2D eigenvalue weighted by Gasteiger charge is -2.01. The van der Waals surface area contributed by atoms with Crippen LogP contribution in [0.15, 0.2) is 72.8 Å². The van der Waals surface area contributed by atoms with Gasteiger partial charge in [-0.3, -0.25) is 4.79 Å². The molecular weight excluding hydrogens is 232 g/mol. The van der Waals surface area contributed by atoms with Gasteiger partial charge in [0.25, 0.3) is 0 Å². The van der Waals surface area contributed by atoms with Crippen molar-refractivity contribution in [2.24, 2.45) is 0 Å². The van der Waals surface area contributed by atoms with Crippen LogP contribution in [-0.4, -0.2) is 5.78 Å². The third-order valence-corrected chi connectivity index (χ3v) is 2.77. The summed E-state index contributed by atoms with van der Waals surface area (Å²) in [7, 11) is 0. The average Bonchev–Trinajstić information content (AvgIpc) is 2.46. The second-order valence-electron chi connectivity index (χ2n) is 4.50. The van der Waals surface area contributed by atoms with E-state index in [0.29, 0.717) is 11.1 Å². The second kappa shape index (κ2) is 5.96. The van der Waals surface area contributed by atoms with Crippen molar-refractivity contribution in [1.29, 1.82) is 0 Å². The molecule has 0 N–H and O–H groups in total. The normalized spacial score (nSPS) is 10.6. The molecule has 0 saturated carbocycles. The molecule has 1 heteroatoms. The van der Waals surface area contributed by atoms with E-state index in [1.54, 1.807) is 0 Å². The van der Waals surface area contributed by atoms with Gasteiger partial charge in [-0.1, -0.05) is 78.9 Å². The molecule has 1 nitrogen and oxygen atoms in total. The molecule has 94 valence electrons. The Balaban J connectivity index is 2.19. The van der Waals surface area contributed by atoms with Crippen LogP contribution in [0.4, 0.5) is 0 Å². The zero-order chi connectivity index (χ0) is 13.7. The first-order valence-electron chi connectivity index (χ1n) is 6.20. The Bertz CT molecular complexity index is 604. The van der Waals surface area contributed by atoms with Crippen LogP contribution in [0.2, 0.25) is 0 Å². The van der Waals surface area contributed by atoms with Gasteiger partial charge in [0, 0.05) is 11.1 Å². The topological polar surface area (TPSA) is 17.1 Å². The summed E-state index contributed by atoms with van der Waals surface area (Å²) in [6, 6.07) is 16.9. The van der Waals surface area contributed by atoms with Crippen LogP contribution in [0, 0.1) is 0 Å². The summed E-state index contributed by atoms with van der Waals surface area (Å²) in [6.45, 7) is 5.76. The molecule has 2 aromatic carbocycles. The Morgan fingerprint density at radius 1 is 0.947 bits per heavy atom. The Morgan fingerprint density at radius 3 is 2.11 bits per heavy atom. The highest BCUT2D eigenvalue weighted by Crippen LogP contribution is 2.12. The van der Waals surface area contributed by atoms with Crippen molar-refractivity contribution in [1.82, 2.24) is 0 Å². The minimum absolute atomic E-state index is 0.0519. The van der Waals surface area contributed by atoms with E-state index in [-0.39, 0.29) is 5.78 Å². The van der Waals surface area contributed by atoms with Crippen LogP contribution in [0.25, 0.3) is 6.08 Å². The van der Waals surface area contributed by atoms with Gasteiger partial charge in [0.1, 0.15) is 0 Å². The fraction of sp³-hybridized carbons (Fsp3) is 0.0556. The number of benzene rings is 2. The number of carbonyl (C=O) groups excluding carboxylic acids is 1. The molecule has 0 bridgehead atoms. The molecule has 0 radical (unpaired) electrons. The van der Waals surface area contributed by atoms with Crippen LogP contribution in [-0.2, 0) is 0 Å². The van der Waals surface area contributed by atoms with Crippen molar-refractivity contribution in [3.63, 3.8) is 0 Å². The second-order valence-corrected chi connectivity index (χ2v) is 4.50. The van der Waals surface area contributed by atoms with Gasteiger partial charge in [-0.2, -0.15) is 0 Å². The van der Waals surface area contributed by atoms with Crippen molar-refractivity contribution < 1.29 is 4.79 Å². The standard InChI is InChI=1S/C18H16O/c1-14(2)8-9-15-10-12-17(13-11-15)18(19)16-6-4-3-5-7-16/h3-13H,1H2,2H3/b9-8+. The van der Waals surface area contributed by atoms with Gasteiger partial charge in [0.15, 0.2) is 5.78 Å². The maximum absolute atomic E-state index is 12.2. The molecule has 0 heterocycles. The molecule has 0 unspecified atom stereocenters. The van der Waals surface area contributed by atoms with Gasteiger partial charge in [0.2, 0.25) is 0 Å². The summed E-state index contributed by atoms with van der Waals surface area (Å²) in [5.74, 6) is 0.0519. The quantitative estimate of drug-likeness (QED) is 0.575. The zero-order valence-electron chi connectivity index (χ0n) is 11.0. The van der Waals surface area contributed by atoms with Crippen molar-refractivity contribution in [2.45, 2.75) is 6.92 Å². The number of hydrogen-bond acceptors (Lipinski definition) is 1. The summed E-state index contributed by atoms with van der Waals surface area (Å²) in [5.41, 5.74) is 3.49. The molecule has 0 aliphatic heterocycles. The van der Waals surface area contributed by atoms with E-state index in [2.05, 4.69) is 6.58 Å². The van der Waals surface area contributed by atoms with Gasteiger partial charge in [-0.25, -0.2) is 0 Å². The first kappa shape index (κ1) is 13.0. The first-order valence-corrected chi connectivity index (χ1v) is 6.20. The Hall–Kier alpha value is -2.41. The molecular formula is C18H16O. The highest BCUT2D eigenvalue weighted by atomic mass is 16.1. The molecule has 0 fully saturated rings. The van der Waals surface area contributed by atoms with E-state index < -0.39 is 0 Å². The molecule has 2 rings (SSSR count). The van der Waals surface area contributed by atoms with Crippen LogP contribution in [0.1, 0.15) is 28.4 Å². The highest BCUT2D eigenvalue weighted by Gasteiger charge is 2.07. The molecule has 0 amide bonds. The zero-order valence-corrected chi connectivity index (χ0v) is 11.0. The molecule has 0 spiro atoms. The minimum atomic E-state index is 0.0519. The van der Waals surface area contributed by atoms with Crippen LogP contribution >= 0.6 is 0 Å². The van der Waals surface area contributed by atoms with E-state index in [9.17, 15) is 4.79 Å². The SMILES string of the molecule is C=C(C)/C=C/c1ccc(C(=O)c2ccccc2)cc1. The van der Waals surface area contributed by atoms with E-state index in [4.69, 9.17) is 0 Å². The molecule has 0 atom stereocenters. The third-order valence-electron chi connectivity index (χ3n) is 2.77. The van der Waals surface area contributed by atoms with Crippen molar-refractivity contribution in [3.05, 3.63) is 89.5 Å². The van der Waals surface area contributed by atoms with E-state index in [1.807, 2.05) is 73.7 Å². The van der Waals surface area contributed by atoms with E-state index in [1.165, 1.54) is 0 Å². The number of carbonyl (C=O) groups is 1. The summed E-state index contributed by atoms with van der Waals surface area (Å²) < 4.78 is 0. The van der Waals surface area contributed by atoms with Crippen LogP contribution in [0.3, 0.4) is 0 Å². The minimum Gasteiger partial charge on any atom is -0.289 e. The number of ketones is 1. The predicted molar refractivity (Wildman–Crippen MR) is 80.2 cm³/mol. The molecule has 19 heavy (non-hydrogen) atoms. The lowest BCUT2D eigenvalue weighted by molar-refractivity contribution is 0.103. The van der Waals surface area contributed by atoms with Gasteiger partial charge < -0.3 is 0 Å². The lowest BCUT2D eigenvalue weighted by atomic mass is 10.0. The summed E-state index contributed by atoms with van der Waals surface area (Å²) in [5, 5.41) is 0. The Labute approximate surface area is 113 Å². The summed E-state index contributed by atoms with van der Waals surface area (Å²) in [6.07, 6.45) is 3.94. The van der Waals surface area contributed by atoms with Crippen LogP contribution in [0.5, 0.6) is 0 Å². The molecule has 0 aromatic heterocycles. The molecule has 2 aromatic rings. The lowest BCUT2D eigenvalue weighted by Crippen LogP contribution is -2.00. The maximum Gasteiger partial charge on any atom is 0.193 e. The average molecular weight is 248 g/mol. The third kappa shape index (κ3) is 3.52. The van der Waals surface area contributed by atoms with Crippen molar-refractivity contribution in [2.75, 3.05) is 0 Å². The Kier molecular flexibility index (Phi) is 4.09. The Morgan fingerprint density at radius 2 is 1.53 bits per heavy atom. The monoisotopic (exact) mass is 248 g/mol. The smallest absolute Gasteiger partial charge is 0.193 e. The molecule has 0 aliphatic carbocycles. The number of allylic oxidation sites excluding steroid dienone is 2. The number of rotatable bonds is 4. The largest absolute Gasteiger partial charge is 0.289 e.